The summed E-state index contributed by atoms with van der Waals surface area (Å²) in [4.78, 5) is 11.5. The van der Waals surface area contributed by atoms with Crippen LogP contribution < -0.4 is 5.32 Å². The maximum atomic E-state index is 13.0. The van der Waals surface area contributed by atoms with E-state index in [4.69, 9.17) is 4.74 Å². The summed E-state index contributed by atoms with van der Waals surface area (Å²) < 4.78 is 82.2. The molecule has 0 aromatic heterocycles. The molecule has 0 atom stereocenters. The number of rotatable bonds is 1. The first-order valence-corrected chi connectivity index (χ1v) is 6.13. The molecular weight excluding hydrogens is 332 g/mol. The average molecular weight is 345 g/mol. The lowest BCUT2D eigenvalue weighted by Gasteiger charge is -2.23. The molecule has 0 radical (unpaired) electrons. The number of nitrogens with one attached hydrogen (secondary N) is 1. The zero-order valence-corrected chi connectivity index (χ0v) is 12.2. The van der Waals surface area contributed by atoms with E-state index in [-0.39, 0.29) is 0 Å². The Bertz CT molecular complexity index is 601. The van der Waals surface area contributed by atoms with Gasteiger partial charge in [0.25, 0.3) is 0 Å². The molecule has 130 valence electrons. The van der Waals surface area contributed by atoms with Gasteiger partial charge in [-0.25, -0.2) is 4.79 Å². The number of carbonyl (C=O) groups is 1. The van der Waals surface area contributed by atoms with E-state index in [2.05, 4.69) is 0 Å². The molecule has 0 unspecified atom stereocenters. The minimum Gasteiger partial charge on any atom is -0.507 e. The minimum absolute atomic E-state index is 0.408. The Kier molecular flexibility index (Phi) is 4.79. The highest BCUT2D eigenvalue weighted by atomic mass is 19.4. The Hall–Kier alpha value is -2.13. The van der Waals surface area contributed by atoms with Gasteiger partial charge in [-0.1, -0.05) is 0 Å². The van der Waals surface area contributed by atoms with Crippen LogP contribution in [0.3, 0.4) is 0 Å². The first-order chi connectivity index (χ1) is 10.1. The van der Waals surface area contributed by atoms with Crippen molar-refractivity contribution in [3.63, 3.8) is 0 Å². The highest BCUT2D eigenvalue weighted by Gasteiger charge is 2.47. The van der Waals surface area contributed by atoms with Crippen molar-refractivity contribution in [1.29, 1.82) is 0 Å². The summed E-state index contributed by atoms with van der Waals surface area (Å²) in [6.45, 7) is 4.28. The van der Waals surface area contributed by atoms with Crippen molar-refractivity contribution in [2.24, 2.45) is 0 Å². The van der Waals surface area contributed by atoms with E-state index < -0.39 is 46.6 Å². The topological polar surface area (TPSA) is 58.6 Å². The van der Waals surface area contributed by atoms with Crippen LogP contribution >= 0.6 is 0 Å². The summed E-state index contributed by atoms with van der Waals surface area (Å²) in [7, 11) is 0. The number of amides is 1. The van der Waals surface area contributed by atoms with Gasteiger partial charge in [0.1, 0.15) is 16.9 Å². The van der Waals surface area contributed by atoms with Crippen molar-refractivity contribution >= 4 is 11.8 Å². The second kappa shape index (κ2) is 5.82. The number of carbonyl (C=O) groups excluding carboxylic acids is 1. The van der Waals surface area contributed by atoms with Crippen LogP contribution in [-0.4, -0.2) is 16.8 Å². The predicted molar refractivity (Wildman–Crippen MR) is 68.0 cm³/mol. The quantitative estimate of drug-likeness (QED) is 0.569. The number of halogens is 6. The highest BCUT2D eigenvalue weighted by molar-refractivity contribution is 5.87. The molecule has 1 amide bonds. The molecule has 0 saturated carbocycles. The largest absolute Gasteiger partial charge is 0.507 e. The summed E-state index contributed by atoms with van der Waals surface area (Å²) in [5.74, 6) is -1.60. The van der Waals surface area contributed by atoms with Crippen LogP contribution in [0, 0.1) is 0 Å². The van der Waals surface area contributed by atoms with Crippen molar-refractivity contribution in [3.8, 4) is 5.75 Å². The lowest BCUT2D eigenvalue weighted by molar-refractivity contribution is -0.162. The van der Waals surface area contributed by atoms with Crippen LogP contribution in [0.1, 0.15) is 31.9 Å². The summed E-state index contributed by atoms with van der Waals surface area (Å²) in [5.41, 5.74) is -6.71. The Morgan fingerprint density at radius 1 is 1.00 bits per heavy atom. The van der Waals surface area contributed by atoms with E-state index in [0.29, 0.717) is 12.1 Å². The van der Waals surface area contributed by atoms with Crippen molar-refractivity contribution in [3.05, 3.63) is 23.3 Å². The van der Waals surface area contributed by atoms with E-state index in [9.17, 15) is 36.2 Å². The number of benzene rings is 1. The van der Waals surface area contributed by atoms with E-state index >= 15 is 0 Å². The van der Waals surface area contributed by atoms with Gasteiger partial charge in [0.15, 0.2) is 0 Å². The van der Waals surface area contributed by atoms with Gasteiger partial charge < -0.3 is 9.84 Å². The number of hydrogen-bond donors (Lipinski definition) is 2. The normalized spacial score (nSPS) is 12.9. The molecule has 0 aliphatic heterocycles. The molecule has 10 heteroatoms. The fourth-order valence-electron chi connectivity index (χ4n) is 1.69. The van der Waals surface area contributed by atoms with Crippen molar-refractivity contribution in [2.75, 3.05) is 5.32 Å². The van der Waals surface area contributed by atoms with Crippen molar-refractivity contribution in [2.45, 2.75) is 38.7 Å². The summed E-state index contributed by atoms with van der Waals surface area (Å²) in [6.07, 6.45) is -12.3. The second-order valence-electron chi connectivity index (χ2n) is 5.50. The third-order valence-corrected chi connectivity index (χ3v) is 2.39. The van der Waals surface area contributed by atoms with Gasteiger partial charge in [-0.05, 0) is 32.9 Å². The number of phenolic OH excluding ortho intramolecular Hbond substituents is 1. The molecule has 0 fully saturated rings. The summed E-state index contributed by atoms with van der Waals surface area (Å²) in [5, 5.41) is 10.8. The first-order valence-electron chi connectivity index (χ1n) is 6.13. The summed E-state index contributed by atoms with van der Waals surface area (Å²) >= 11 is 0. The minimum atomic E-state index is -5.47. The lowest BCUT2D eigenvalue weighted by Crippen LogP contribution is -2.28. The molecule has 1 aromatic carbocycles. The Balaban J connectivity index is 3.42. The second-order valence-corrected chi connectivity index (χ2v) is 5.50. The van der Waals surface area contributed by atoms with Crippen LogP contribution in [0.4, 0.5) is 36.8 Å². The number of hydrogen-bond acceptors (Lipinski definition) is 3. The maximum Gasteiger partial charge on any atom is 0.420 e. The molecule has 0 heterocycles. The van der Waals surface area contributed by atoms with Crippen LogP contribution in [-0.2, 0) is 17.1 Å². The van der Waals surface area contributed by atoms with Gasteiger partial charge in [0, 0.05) is 0 Å². The van der Waals surface area contributed by atoms with Gasteiger partial charge in [0.2, 0.25) is 0 Å². The fraction of sp³-hybridized carbons (Fsp3) is 0.462. The predicted octanol–water partition coefficient (Wildman–Crippen LogP) is 4.78. The smallest absolute Gasteiger partial charge is 0.420 e. The molecular formula is C13H13F6NO3. The molecule has 0 aliphatic rings. The zero-order valence-electron chi connectivity index (χ0n) is 12.2. The van der Waals surface area contributed by atoms with Crippen LogP contribution in [0.15, 0.2) is 12.1 Å². The number of aromatic hydroxyl groups is 1. The fourth-order valence-corrected chi connectivity index (χ4v) is 1.69. The van der Waals surface area contributed by atoms with Gasteiger partial charge in [0.05, 0.1) is 11.3 Å². The molecule has 1 rings (SSSR count). The van der Waals surface area contributed by atoms with Crippen LogP contribution in [0.25, 0.3) is 0 Å². The molecule has 2 N–H and O–H groups in total. The molecule has 1 aromatic rings. The molecule has 0 bridgehead atoms. The number of ether oxygens (including phenoxy) is 1. The first kappa shape index (κ1) is 18.9. The lowest BCUT2D eigenvalue weighted by atomic mass is 10.0. The molecule has 0 spiro atoms. The van der Waals surface area contributed by atoms with Crippen molar-refractivity contribution < 1.29 is 41.0 Å². The molecule has 4 nitrogen and oxygen atoms in total. The van der Waals surface area contributed by atoms with E-state index in [0.717, 1.165) is 0 Å². The standard InChI is InChI=1S/C13H13F6NO3/c1-11(2,3)23-10(22)20-6-4-5-7(21)9(13(17,18)19)8(6)12(14,15)16/h4-5,21H,1-3H3,(H,20,22). The van der Waals surface area contributed by atoms with E-state index in [1.807, 2.05) is 0 Å². The van der Waals surface area contributed by atoms with Gasteiger partial charge in [-0.2, -0.15) is 26.3 Å². The monoisotopic (exact) mass is 345 g/mol. The third kappa shape index (κ3) is 4.93. The van der Waals surface area contributed by atoms with Crippen LogP contribution in [0.5, 0.6) is 5.75 Å². The van der Waals surface area contributed by atoms with Gasteiger partial charge in [-0.3, -0.25) is 5.32 Å². The number of phenols is 1. The van der Waals surface area contributed by atoms with Gasteiger partial charge >= 0.3 is 18.4 Å². The van der Waals surface area contributed by atoms with E-state index in [1.54, 1.807) is 5.32 Å². The zero-order chi connectivity index (χ0) is 18.2. The number of anilines is 1. The highest BCUT2D eigenvalue weighted by Crippen LogP contribution is 2.47. The Morgan fingerprint density at radius 2 is 1.48 bits per heavy atom. The Morgan fingerprint density at radius 3 is 1.87 bits per heavy atom. The SMILES string of the molecule is CC(C)(C)OC(=O)Nc1ccc(O)c(C(F)(F)F)c1C(F)(F)F. The summed E-state index contributed by atoms with van der Waals surface area (Å²) in [6, 6.07) is 0.919. The molecule has 0 saturated heterocycles. The van der Waals surface area contributed by atoms with Gasteiger partial charge in [-0.15, -0.1) is 0 Å². The maximum absolute atomic E-state index is 13.0. The molecule has 23 heavy (non-hydrogen) atoms. The third-order valence-electron chi connectivity index (χ3n) is 2.39. The molecule has 0 aliphatic carbocycles. The average Bonchev–Trinajstić information content (AvgIpc) is 2.25. The van der Waals surface area contributed by atoms with Crippen LogP contribution in [0.2, 0.25) is 0 Å². The van der Waals surface area contributed by atoms with Crippen molar-refractivity contribution in [1.82, 2.24) is 0 Å². The Labute approximate surface area is 127 Å². The number of alkyl halides is 6. The van der Waals surface area contributed by atoms with E-state index in [1.165, 1.54) is 20.8 Å².